The zero-order valence-electron chi connectivity index (χ0n) is 13.0. The number of allylic oxidation sites excluding steroid dienone is 2. The minimum Gasteiger partial charge on any atom is -0.197 e. The molecule has 0 N–H and O–H groups in total. The van der Waals surface area contributed by atoms with Gasteiger partial charge in [-0.25, -0.2) is 0 Å². The summed E-state index contributed by atoms with van der Waals surface area (Å²) in [6, 6.07) is 21.3. The number of aryl methyl sites for hydroxylation is 1. The number of nitrogens with zero attached hydrogens (tertiary/aromatic N) is 2. The maximum absolute atomic E-state index is 10.1. The van der Waals surface area contributed by atoms with E-state index >= 15 is 0 Å². The Morgan fingerprint density at radius 1 is 1.04 bits per heavy atom. The molecular weight excluding hydrogens is 280 g/mol. The van der Waals surface area contributed by atoms with Crippen LogP contribution in [-0.4, -0.2) is 0 Å². The van der Waals surface area contributed by atoms with Crippen molar-refractivity contribution >= 4 is 5.57 Å². The highest BCUT2D eigenvalue weighted by atomic mass is 14.6. The molecule has 0 saturated heterocycles. The number of nitriles is 2. The predicted molar refractivity (Wildman–Crippen MR) is 89.4 cm³/mol. The maximum atomic E-state index is 10.1. The van der Waals surface area contributed by atoms with E-state index in [2.05, 4.69) is 43.3 Å². The molecule has 2 aromatic rings. The lowest BCUT2D eigenvalue weighted by Crippen LogP contribution is -2.51. The van der Waals surface area contributed by atoms with Crippen LogP contribution in [0.3, 0.4) is 0 Å². The fourth-order valence-electron chi connectivity index (χ4n) is 4.20. The fraction of sp³-hybridized carbons (Fsp3) is 0.238. The zero-order valence-corrected chi connectivity index (χ0v) is 13.0. The van der Waals surface area contributed by atoms with Crippen LogP contribution in [0.4, 0.5) is 0 Å². The highest BCUT2D eigenvalue weighted by Crippen LogP contribution is 2.62. The van der Waals surface area contributed by atoms with Gasteiger partial charge in [0.25, 0.3) is 0 Å². The Kier molecular flexibility index (Phi) is 2.90. The molecule has 0 aromatic heterocycles. The number of hydrogen-bond donors (Lipinski definition) is 0. The van der Waals surface area contributed by atoms with Gasteiger partial charge >= 0.3 is 0 Å². The Morgan fingerprint density at radius 2 is 1.78 bits per heavy atom. The van der Waals surface area contributed by atoms with Crippen LogP contribution in [0.25, 0.3) is 5.57 Å². The van der Waals surface area contributed by atoms with Crippen molar-refractivity contribution in [1.29, 1.82) is 10.5 Å². The van der Waals surface area contributed by atoms with Gasteiger partial charge < -0.3 is 0 Å². The first kappa shape index (κ1) is 13.8. The molecule has 23 heavy (non-hydrogen) atoms. The van der Waals surface area contributed by atoms with Crippen molar-refractivity contribution in [3.63, 3.8) is 0 Å². The Hall–Kier alpha value is -2.84. The Morgan fingerprint density at radius 3 is 2.48 bits per heavy atom. The summed E-state index contributed by atoms with van der Waals surface area (Å²) in [5.74, 6) is 0.319. The highest BCUT2D eigenvalue weighted by molar-refractivity contribution is 5.83. The maximum Gasteiger partial charge on any atom is 0.0994 e. The van der Waals surface area contributed by atoms with Gasteiger partial charge in [0.1, 0.15) is 0 Å². The number of fused-ring (bicyclic) bond motifs is 3. The summed E-state index contributed by atoms with van der Waals surface area (Å²) in [5, 5.41) is 19.5. The van der Waals surface area contributed by atoms with E-state index in [9.17, 15) is 10.5 Å². The van der Waals surface area contributed by atoms with Gasteiger partial charge in [0.2, 0.25) is 0 Å². The highest BCUT2D eigenvalue weighted by Gasteiger charge is 2.58. The van der Waals surface area contributed by atoms with Gasteiger partial charge in [0, 0.05) is 11.8 Å². The van der Waals surface area contributed by atoms with Gasteiger partial charge in [0.15, 0.2) is 0 Å². The molecule has 3 atom stereocenters. The summed E-state index contributed by atoms with van der Waals surface area (Å²) in [5.41, 5.74) is 4.56. The standard InChI is InChI=1S/C21H16N2/c1-14-6-8-15(9-7-14)20-11-17-10-16(12-22)18-4-2-3-5-19(18)21(17,20)13-23/h2-10,17,20H,11H2,1H3/t17?,20-,21+/m1/s1. The Bertz CT molecular complexity index is 893. The second-order valence-electron chi connectivity index (χ2n) is 6.52. The minimum atomic E-state index is -0.536. The lowest BCUT2D eigenvalue weighted by Gasteiger charge is -2.53. The molecular formula is C21H16N2. The van der Waals surface area contributed by atoms with Crippen LogP contribution in [0.5, 0.6) is 0 Å². The quantitative estimate of drug-likeness (QED) is 0.779. The summed E-state index contributed by atoms with van der Waals surface area (Å²) < 4.78 is 0. The second-order valence-corrected chi connectivity index (χ2v) is 6.52. The van der Waals surface area contributed by atoms with Crippen LogP contribution in [0.2, 0.25) is 0 Å². The molecule has 1 unspecified atom stereocenters. The summed E-state index contributed by atoms with van der Waals surface area (Å²) in [6.45, 7) is 2.07. The fourth-order valence-corrected chi connectivity index (χ4v) is 4.20. The van der Waals surface area contributed by atoms with Crippen LogP contribution in [-0.2, 0) is 5.41 Å². The van der Waals surface area contributed by atoms with Crippen LogP contribution < -0.4 is 0 Å². The topological polar surface area (TPSA) is 47.6 Å². The van der Waals surface area contributed by atoms with E-state index in [0.717, 1.165) is 17.5 Å². The average molecular weight is 296 g/mol. The molecule has 2 aromatic carbocycles. The van der Waals surface area contributed by atoms with Crippen molar-refractivity contribution in [1.82, 2.24) is 0 Å². The summed E-state index contributed by atoms with van der Waals surface area (Å²) >= 11 is 0. The molecule has 0 aliphatic heterocycles. The van der Waals surface area contributed by atoms with Gasteiger partial charge in [0.05, 0.1) is 23.1 Å². The van der Waals surface area contributed by atoms with Gasteiger partial charge in [-0.05, 0) is 30.0 Å². The molecule has 2 aliphatic rings. The Balaban J connectivity index is 1.89. The SMILES string of the molecule is Cc1ccc([C@H]2CC3C=C(C#N)c4ccccc4[C@]32C#N)cc1. The normalized spacial score (nSPS) is 27.5. The van der Waals surface area contributed by atoms with Crippen molar-refractivity contribution < 1.29 is 0 Å². The predicted octanol–water partition coefficient (Wildman–Crippen LogP) is 4.48. The first-order valence-electron chi connectivity index (χ1n) is 7.90. The zero-order chi connectivity index (χ0) is 16.0. The third-order valence-corrected chi connectivity index (χ3v) is 5.44. The van der Waals surface area contributed by atoms with Crippen LogP contribution in [0.15, 0.2) is 54.6 Å². The number of benzene rings is 2. The lowest BCUT2D eigenvalue weighted by molar-refractivity contribution is 0.178. The van der Waals surface area contributed by atoms with E-state index in [1.54, 1.807) is 0 Å². The van der Waals surface area contributed by atoms with E-state index in [1.165, 1.54) is 11.1 Å². The smallest absolute Gasteiger partial charge is 0.0994 e. The van der Waals surface area contributed by atoms with Gasteiger partial charge in [-0.1, -0.05) is 60.2 Å². The van der Waals surface area contributed by atoms with E-state index < -0.39 is 5.41 Å². The third kappa shape index (κ3) is 1.73. The molecule has 0 amide bonds. The number of hydrogen-bond acceptors (Lipinski definition) is 2. The molecule has 2 nitrogen and oxygen atoms in total. The monoisotopic (exact) mass is 296 g/mol. The third-order valence-electron chi connectivity index (χ3n) is 5.44. The second kappa shape index (κ2) is 4.83. The first-order valence-corrected chi connectivity index (χ1v) is 7.90. The molecule has 0 radical (unpaired) electrons. The molecule has 1 fully saturated rings. The van der Waals surface area contributed by atoms with Crippen LogP contribution in [0.1, 0.15) is 34.6 Å². The van der Waals surface area contributed by atoms with E-state index in [-0.39, 0.29) is 11.8 Å². The van der Waals surface area contributed by atoms with Crippen molar-refractivity contribution in [3.05, 3.63) is 76.9 Å². The largest absolute Gasteiger partial charge is 0.197 e. The number of rotatable bonds is 1. The first-order chi connectivity index (χ1) is 11.2. The van der Waals surface area contributed by atoms with Gasteiger partial charge in [-0.3, -0.25) is 0 Å². The molecule has 2 heteroatoms. The Labute approximate surface area is 136 Å². The molecule has 2 aliphatic carbocycles. The molecule has 0 heterocycles. The van der Waals surface area contributed by atoms with Gasteiger partial charge in [-0.15, -0.1) is 0 Å². The summed E-state index contributed by atoms with van der Waals surface area (Å²) in [7, 11) is 0. The van der Waals surface area contributed by atoms with Crippen molar-refractivity contribution in [3.8, 4) is 12.1 Å². The van der Waals surface area contributed by atoms with Crippen LogP contribution >= 0.6 is 0 Å². The van der Waals surface area contributed by atoms with Crippen LogP contribution in [0, 0.1) is 35.5 Å². The average Bonchev–Trinajstić information content (AvgIpc) is 2.57. The van der Waals surface area contributed by atoms with Crippen molar-refractivity contribution in [2.75, 3.05) is 0 Å². The lowest BCUT2D eigenvalue weighted by atomic mass is 9.46. The summed E-state index contributed by atoms with van der Waals surface area (Å²) in [4.78, 5) is 0. The van der Waals surface area contributed by atoms with E-state index in [4.69, 9.17) is 0 Å². The molecule has 1 saturated carbocycles. The molecule has 4 rings (SSSR count). The molecule has 110 valence electrons. The minimum absolute atomic E-state index is 0.128. The molecule has 0 spiro atoms. The van der Waals surface area contributed by atoms with E-state index in [0.29, 0.717) is 5.57 Å². The summed E-state index contributed by atoms with van der Waals surface area (Å²) in [6.07, 6.45) is 2.94. The van der Waals surface area contributed by atoms with Gasteiger partial charge in [-0.2, -0.15) is 10.5 Å². The van der Waals surface area contributed by atoms with Crippen molar-refractivity contribution in [2.24, 2.45) is 5.92 Å². The van der Waals surface area contributed by atoms with E-state index in [1.807, 2.05) is 30.3 Å². The molecule has 0 bridgehead atoms. The van der Waals surface area contributed by atoms with Crippen molar-refractivity contribution in [2.45, 2.75) is 24.7 Å².